The van der Waals surface area contributed by atoms with Gasteiger partial charge >= 0.3 is 5.97 Å². The van der Waals surface area contributed by atoms with Crippen LogP contribution in [0.2, 0.25) is 0 Å². The smallest absolute Gasteiger partial charge is 0.306 e. The van der Waals surface area contributed by atoms with Gasteiger partial charge in [-0.25, -0.2) is 0 Å². The standard InChI is InChI=1S/C15H18N4O3S/c1-21-11-4-2-10(3-5-11)19-13(8-16)17-18-15(19)23-9-12-6-7-14(20)22-12/h2-5,12H,6-9,16H2,1H3. The zero-order valence-electron chi connectivity index (χ0n) is 12.8. The first kappa shape index (κ1) is 15.8. The van der Waals surface area contributed by atoms with E-state index in [4.69, 9.17) is 15.2 Å². The average molecular weight is 334 g/mol. The number of nitrogens with zero attached hydrogens (tertiary/aromatic N) is 3. The van der Waals surface area contributed by atoms with Gasteiger partial charge in [0.2, 0.25) is 0 Å². The van der Waals surface area contributed by atoms with Gasteiger partial charge < -0.3 is 15.2 Å². The molecule has 1 aromatic carbocycles. The summed E-state index contributed by atoms with van der Waals surface area (Å²) < 4.78 is 12.3. The fraction of sp³-hybridized carbons (Fsp3) is 0.400. The Morgan fingerprint density at radius 2 is 2.17 bits per heavy atom. The molecule has 0 saturated carbocycles. The van der Waals surface area contributed by atoms with E-state index >= 15 is 0 Å². The first-order valence-electron chi connectivity index (χ1n) is 7.32. The van der Waals surface area contributed by atoms with Crippen LogP contribution < -0.4 is 10.5 Å². The Morgan fingerprint density at radius 3 is 2.78 bits per heavy atom. The van der Waals surface area contributed by atoms with Crippen molar-refractivity contribution in [1.82, 2.24) is 14.8 Å². The molecule has 1 atom stereocenters. The van der Waals surface area contributed by atoms with Gasteiger partial charge in [-0.2, -0.15) is 0 Å². The molecule has 122 valence electrons. The SMILES string of the molecule is COc1ccc(-n2c(CN)nnc2SCC2CCC(=O)O2)cc1. The van der Waals surface area contributed by atoms with Crippen molar-refractivity contribution in [2.24, 2.45) is 5.73 Å². The van der Waals surface area contributed by atoms with Gasteiger partial charge in [0.15, 0.2) is 11.0 Å². The van der Waals surface area contributed by atoms with Gasteiger partial charge in [-0.1, -0.05) is 11.8 Å². The molecule has 0 aliphatic carbocycles. The number of methoxy groups -OCH3 is 1. The molecule has 1 aliphatic heterocycles. The molecule has 23 heavy (non-hydrogen) atoms. The summed E-state index contributed by atoms with van der Waals surface area (Å²) in [6.45, 7) is 0.290. The summed E-state index contributed by atoms with van der Waals surface area (Å²) in [5.74, 6) is 1.99. The molecule has 0 radical (unpaired) electrons. The van der Waals surface area contributed by atoms with Gasteiger partial charge in [-0.15, -0.1) is 10.2 Å². The first-order chi connectivity index (χ1) is 11.2. The number of esters is 1. The molecule has 1 aromatic heterocycles. The van der Waals surface area contributed by atoms with E-state index in [2.05, 4.69) is 10.2 Å². The molecule has 0 amide bonds. The van der Waals surface area contributed by atoms with E-state index in [-0.39, 0.29) is 18.6 Å². The number of carbonyl (C=O) groups excluding carboxylic acids is 1. The third-order valence-electron chi connectivity index (χ3n) is 3.58. The minimum atomic E-state index is -0.130. The Morgan fingerprint density at radius 1 is 1.39 bits per heavy atom. The number of aromatic nitrogens is 3. The van der Waals surface area contributed by atoms with Crippen LogP contribution in [0.1, 0.15) is 18.7 Å². The summed E-state index contributed by atoms with van der Waals surface area (Å²) in [7, 11) is 1.63. The van der Waals surface area contributed by atoms with E-state index in [0.717, 1.165) is 23.0 Å². The molecule has 1 fully saturated rings. The molecule has 7 nitrogen and oxygen atoms in total. The van der Waals surface area contributed by atoms with Crippen LogP contribution in [0.15, 0.2) is 29.4 Å². The second-order valence-electron chi connectivity index (χ2n) is 5.10. The van der Waals surface area contributed by atoms with Crippen LogP contribution in [0, 0.1) is 0 Å². The minimum Gasteiger partial charge on any atom is -0.497 e. The highest BCUT2D eigenvalue weighted by Gasteiger charge is 2.24. The highest BCUT2D eigenvalue weighted by molar-refractivity contribution is 7.99. The van der Waals surface area contributed by atoms with E-state index < -0.39 is 0 Å². The van der Waals surface area contributed by atoms with Crippen molar-refractivity contribution >= 4 is 17.7 Å². The van der Waals surface area contributed by atoms with Gasteiger partial charge in [0.25, 0.3) is 0 Å². The van der Waals surface area contributed by atoms with Crippen LogP contribution in [-0.4, -0.2) is 39.7 Å². The predicted octanol–water partition coefficient (Wildman–Crippen LogP) is 1.53. The van der Waals surface area contributed by atoms with Crippen LogP contribution in [0.4, 0.5) is 0 Å². The number of cyclic esters (lactones) is 1. The van der Waals surface area contributed by atoms with E-state index in [1.54, 1.807) is 7.11 Å². The molecular weight excluding hydrogens is 316 g/mol. The van der Waals surface area contributed by atoms with Crippen molar-refractivity contribution < 1.29 is 14.3 Å². The van der Waals surface area contributed by atoms with Gasteiger partial charge in [0.05, 0.1) is 13.7 Å². The maximum Gasteiger partial charge on any atom is 0.306 e. The molecule has 2 N–H and O–H groups in total. The maximum absolute atomic E-state index is 11.2. The Bertz CT molecular complexity index is 687. The Balaban J connectivity index is 1.80. The van der Waals surface area contributed by atoms with Crippen molar-refractivity contribution in [1.29, 1.82) is 0 Å². The van der Waals surface area contributed by atoms with Crippen molar-refractivity contribution in [3.05, 3.63) is 30.1 Å². The van der Waals surface area contributed by atoms with E-state index in [1.165, 1.54) is 11.8 Å². The maximum atomic E-state index is 11.2. The molecule has 3 rings (SSSR count). The number of carbonyl (C=O) groups is 1. The largest absolute Gasteiger partial charge is 0.497 e. The van der Waals surface area contributed by atoms with Gasteiger partial charge in [-0.3, -0.25) is 9.36 Å². The number of hydrogen-bond acceptors (Lipinski definition) is 7. The third kappa shape index (κ3) is 3.48. The summed E-state index contributed by atoms with van der Waals surface area (Å²) in [5.41, 5.74) is 6.69. The van der Waals surface area contributed by atoms with Crippen molar-refractivity contribution in [3.63, 3.8) is 0 Å². The lowest BCUT2D eigenvalue weighted by Gasteiger charge is -2.11. The number of thioether (sulfide) groups is 1. The predicted molar refractivity (Wildman–Crippen MR) is 85.6 cm³/mol. The van der Waals surface area contributed by atoms with E-state index in [0.29, 0.717) is 18.0 Å². The average Bonchev–Trinajstić information content (AvgIpc) is 3.18. The minimum absolute atomic E-state index is 0.0603. The van der Waals surface area contributed by atoms with Gasteiger partial charge in [0, 0.05) is 17.9 Å². The highest BCUT2D eigenvalue weighted by Crippen LogP contribution is 2.26. The normalized spacial score (nSPS) is 17.3. The van der Waals surface area contributed by atoms with Gasteiger partial charge in [0.1, 0.15) is 11.9 Å². The third-order valence-corrected chi connectivity index (χ3v) is 4.64. The molecular formula is C15H18N4O3S. The van der Waals surface area contributed by atoms with Crippen LogP contribution in [0.25, 0.3) is 5.69 Å². The number of ether oxygens (including phenoxy) is 2. The molecule has 2 heterocycles. The second kappa shape index (κ2) is 7.01. The molecule has 1 unspecified atom stereocenters. The summed E-state index contributed by atoms with van der Waals surface area (Å²) in [4.78, 5) is 11.2. The summed E-state index contributed by atoms with van der Waals surface area (Å²) in [5, 5.41) is 9.09. The summed E-state index contributed by atoms with van der Waals surface area (Å²) >= 11 is 1.51. The summed E-state index contributed by atoms with van der Waals surface area (Å²) in [6, 6.07) is 7.62. The lowest BCUT2D eigenvalue weighted by molar-refractivity contribution is -0.140. The Kier molecular flexibility index (Phi) is 4.82. The van der Waals surface area contributed by atoms with Gasteiger partial charge in [-0.05, 0) is 30.7 Å². The molecule has 0 spiro atoms. The molecule has 2 aromatic rings. The number of nitrogens with two attached hydrogens (primary N) is 1. The number of rotatable bonds is 6. The highest BCUT2D eigenvalue weighted by atomic mass is 32.2. The Labute approximate surface area is 138 Å². The fourth-order valence-corrected chi connectivity index (χ4v) is 3.39. The second-order valence-corrected chi connectivity index (χ2v) is 6.09. The van der Waals surface area contributed by atoms with Crippen LogP contribution in [-0.2, 0) is 16.1 Å². The lowest BCUT2D eigenvalue weighted by Crippen LogP contribution is -2.11. The van der Waals surface area contributed by atoms with E-state index in [9.17, 15) is 4.79 Å². The van der Waals surface area contributed by atoms with Crippen molar-refractivity contribution in [2.45, 2.75) is 30.6 Å². The first-order valence-corrected chi connectivity index (χ1v) is 8.31. The molecule has 8 heteroatoms. The van der Waals surface area contributed by atoms with Crippen LogP contribution >= 0.6 is 11.8 Å². The zero-order chi connectivity index (χ0) is 16.2. The van der Waals surface area contributed by atoms with Crippen molar-refractivity contribution in [3.8, 4) is 11.4 Å². The molecule has 1 saturated heterocycles. The van der Waals surface area contributed by atoms with Crippen LogP contribution in [0.5, 0.6) is 5.75 Å². The molecule has 0 bridgehead atoms. The van der Waals surface area contributed by atoms with E-state index in [1.807, 2.05) is 28.8 Å². The quantitative estimate of drug-likeness (QED) is 0.632. The number of hydrogen-bond donors (Lipinski definition) is 1. The number of benzene rings is 1. The zero-order valence-corrected chi connectivity index (χ0v) is 13.6. The fourth-order valence-electron chi connectivity index (χ4n) is 2.38. The summed E-state index contributed by atoms with van der Waals surface area (Å²) in [6.07, 6.45) is 1.19. The van der Waals surface area contributed by atoms with Crippen molar-refractivity contribution in [2.75, 3.05) is 12.9 Å². The lowest BCUT2D eigenvalue weighted by atomic mass is 10.3. The monoisotopic (exact) mass is 334 g/mol. The molecule has 1 aliphatic rings. The Hall–Kier alpha value is -2.06. The topological polar surface area (TPSA) is 92.3 Å². The van der Waals surface area contributed by atoms with Crippen LogP contribution in [0.3, 0.4) is 0 Å².